The molecule has 1 aliphatic rings. The van der Waals surface area contributed by atoms with Gasteiger partial charge in [0.1, 0.15) is 11.4 Å². The van der Waals surface area contributed by atoms with Crippen LogP contribution in [0.1, 0.15) is 47.1 Å². The van der Waals surface area contributed by atoms with Crippen molar-refractivity contribution in [1.29, 1.82) is 0 Å². The fraction of sp³-hybridized carbons (Fsp3) is 0.455. The highest BCUT2D eigenvalue weighted by atomic mass is 19.4. The topological polar surface area (TPSA) is 51.9 Å². The molecular formula is C22H25F3N4O2. The summed E-state index contributed by atoms with van der Waals surface area (Å²) in [6.45, 7) is 3.49. The minimum Gasteiger partial charge on any atom is -0.496 e. The number of alkyl halides is 3. The van der Waals surface area contributed by atoms with E-state index in [1.807, 2.05) is 18.2 Å². The van der Waals surface area contributed by atoms with Crippen LogP contribution in [-0.4, -0.2) is 40.3 Å². The number of halogens is 3. The Morgan fingerprint density at radius 1 is 1.16 bits per heavy atom. The first kappa shape index (κ1) is 21.6. The second-order valence-corrected chi connectivity index (χ2v) is 7.83. The van der Waals surface area contributed by atoms with Crippen LogP contribution in [0.4, 0.5) is 13.2 Å². The number of fused-ring (bicyclic) bond motifs is 1. The third-order valence-corrected chi connectivity index (χ3v) is 5.60. The summed E-state index contributed by atoms with van der Waals surface area (Å²) >= 11 is 0. The lowest BCUT2D eigenvalue weighted by atomic mass is 10.1. The van der Waals surface area contributed by atoms with Gasteiger partial charge in [0.05, 0.1) is 25.5 Å². The number of aryl methyl sites for hydroxylation is 1. The second kappa shape index (κ2) is 8.47. The van der Waals surface area contributed by atoms with Crippen molar-refractivity contribution < 1.29 is 22.6 Å². The second-order valence-electron chi connectivity index (χ2n) is 7.83. The van der Waals surface area contributed by atoms with Crippen molar-refractivity contribution in [2.24, 2.45) is 0 Å². The summed E-state index contributed by atoms with van der Waals surface area (Å²) in [7, 11) is 3.28. The molecule has 6 nitrogen and oxygen atoms in total. The highest BCUT2D eigenvalue weighted by Crippen LogP contribution is 2.36. The molecule has 31 heavy (non-hydrogen) atoms. The summed E-state index contributed by atoms with van der Waals surface area (Å²) in [6.07, 6.45) is -2.73. The Morgan fingerprint density at radius 3 is 2.68 bits per heavy atom. The first-order valence-corrected chi connectivity index (χ1v) is 10.1. The van der Waals surface area contributed by atoms with Crippen LogP contribution in [0.25, 0.3) is 5.65 Å². The summed E-state index contributed by atoms with van der Waals surface area (Å²) in [4.78, 5) is 6.49. The maximum absolute atomic E-state index is 13.5. The summed E-state index contributed by atoms with van der Waals surface area (Å²) in [5, 5.41) is 4.32. The van der Waals surface area contributed by atoms with Gasteiger partial charge in [0, 0.05) is 31.0 Å². The molecule has 3 aromatic rings. The fourth-order valence-corrected chi connectivity index (χ4v) is 4.26. The standard InChI is InChI=1S/C22H25F3N4O2/c1-14-9-20(22(23,24)25)29-21(26-14)11-17(27-29)18-5-4-8-28(18)12-16-10-15(13-30-2)6-7-19(16)31-3/h6-7,9-11,18H,4-5,8,12-13H2,1-3H3. The van der Waals surface area contributed by atoms with Crippen LogP contribution >= 0.6 is 0 Å². The van der Waals surface area contributed by atoms with Crippen LogP contribution in [-0.2, 0) is 24.1 Å². The quantitative estimate of drug-likeness (QED) is 0.570. The summed E-state index contributed by atoms with van der Waals surface area (Å²) < 4.78 is 52.2. The van der Waals surface area contributed by atoms with Crippen LogP contribution in [0.5, 0.6) is 5.75 Å². The third-order valence-electron chi connectivity index (χ3n) is 5.60. The maximum Gasteiger partial charge on any atom is 0.433 e. The minimum absolute atomic E-state index is 0.0844. The molecule has 2 aromatic heterocycles. The predicted octanol–water partition coefficient (Wildman–Crippen LogP) is 4.55. The Labute approximate surface area is 178 Å². The van der Waals surface area contributed by atoms with Crippen molar-refractivity contribution in [3.05, 3.63) is 58.5 Å². The first-order chi connectivity index (χ1) is 14.8. The van der Waals surface area contributed by atoms with Gasteiger partial charge in [0.2, 0.25) is 0 Å². The van der Waals surface area contributed by atoms with Gasteiger partial charge in [0.25, 0.3) is 0 Å². The van der Waals surface area contributed by atoms with Gasteiger partial charge in [-0.3, -0.25) is 4.90 Å². The Bertz CT molecular complexity index is 1080. The van der Waals surface area contributed by atoms with Crippen LogP contribution < -0.4 is 4.74 Å². The summed E-state index contributed by atoms with van der Waals surface area (Å²) in [5.41, 5.74) is 2.38. The molecule has 3 heterocycles. The Morgan fingerprint density at radius 2 is 1.97 bits per heavy atom. The average molecular weight is 434 g/mol. The predicted molar refractivity (Wildman–Crippen MR) is 109 cm³/mol. The molecule has 1 atom stereocenters. The number of benzene rings is 1. The largest absolute Gasteiger partial charge is 0.496 e. The van der Waals surface area contributed by atoms with E-state index in [4.69, 9.17) is 9.47 Å². The number of hydrogen-bond acceptors (Lipinski definition) is 5. The van der Waals surface area contributed by atoms with Crippen LogP contribution in [0, 0.1) is 6.92 Å². The number of hydrogen-bond donors (Lipinski definition) is 0. The van der Waals surface area contributed by atoms with Gasteiger partial charge >= 0.3 is 6.18 Å². The van der Waals surface area contributed by atoms with E-state index in [0.717, 1.165) is 46.8 Å². The molecule has 0 radical (unpaired) electrons. The molecule has 9 heteroatoms. The van der Waals surface area contributed by atoms with Crippen molar-refractivity contribution in [2.75, 3.05) is 20.8 Å². The molecule has 0 spiro atoms. The fourth-order valence-electron chi connectivity index (χ4n) is 4.26. The van der Waals surface area contributed by atoms with Crippen molar-refractivity contribution in [3.8, 4) is 5.75 Å². The average Bonchev–Trinajstić information content (AvgIpc) is 3.33. The molecular weight excluding hydrogens is 409 g/mol. The number of rotatable bonds is 6. The summed E-state index contributed by atoms with van der Waals surface area (Å²) in [6, 6.07) is 8.54. The molecule has 1 unspecified atom stereocenters. The molecule has 4 rings (SSSR count). The van der Waals surface area contributed by atoms with Crippen molar-refractivity contribution in [3.63, 3.8) is 0 Å². The van der Waals surface area contributed by atoms with Gasteiger partial charge in [-0.1, -0.05) is 6.07 Å². The molecule has 0 bridgehead atoms. The molecule has 0 aliphatic carbocycles. The molecule has 166 valence electrons. The molecule has 1 aliphatic heterocycles. The number of likely N-dealkylation sites (tertiary alicyclic amines) is 1. The molecule has 1 fully saturated rings. The highest BCUT2D eigenvalue weighted by Gasteiger charge is 2.36. The lowest BCUT2D eigenvalue weighted by molar-refractivity contribution is -0.142. The van der Waals surface area contributed by atoms with Gasteiger partial charge in [-0.05, 0) is 50.1 Å². The normalized spacial score (nSPS) is 17.5. The molecule has 1 aromatic carbocycles. The van der Waals surface area contributed by atoms with E-state index in [2.05, 4.69) is 15.0 Å². The van der Waals surface area contributed by atoms with Gasteiger partial charge in [-0.15, -0.1) is 0 Å². The molecule has 0 saturated carbocycles. The van der Waals surface area contributed by atoms with Crippen molar-refractivity contribution in [1.82, 2.24) is 19.5 Å². The van der Waals surface area contributed by atoms with E-state index in [1.54, 1.807) is 27.2 Å². The van der Waals surface area contributed by atoms with Crippen LogP contribution in [0.15, 0.2) is 30.3 Å². The van der Waals surface area contributed by atoms with Crippen molar-refractivity contribution >= 4 is 5.65 Å². The Balaban J connectivity index is 1.67. The van der Waals surface area contributed by atoms with Gasteiger partial charge in [-0.25, -0.2) is 9.50 Å². The number of aromatic nitrogens is 3. The SMILES string of the molecule is COCc1ccc(OC)c(CN2CCCC2c2cc3nc(C)cc(C(F)(F)F)n3n2)c1. The maximum atomic E-state index is 13.5. The smallest absolute Gasteiger partial charge is 0.433 e. The zero-order valence-corrected chi connectivity index (χ0v) is 17.7. The first-order valence-electron chi connectivity index (χ1n) is 10.1. The lowest BCUT2D eigenvalue weighted by Crippen LogP contribution is -2.23. The number of methoxy groups -OCH3 is 2. The third kappa shape index (κ3) is 4.38. The Hall–Kier alpha value is -2.65. The zero-order chi connectivity index (χ0) is 22.2. The van der Waals surface area contributed by atoms with Crippen LogP contribution in [0.3, 0.4) is 0 Å². The van der Waals surface area contributed by atoms with E-state index in [1.165, 1.54) is 0 Å². The van der Waals surface area contributed by atoms with E-state index >= 15 is 0 Å². The van der Waals surface area contributed by atoms with Gasteiger partial charge in [0.15, 0.2) is 5.65 Å². The minimum atomic E-state index is -4.50. The lowest BCUT2D eigenvalue weighted by Gasteiger charge is -2.24. The number of ether oxygens (including phenoxy) is 2. The molecule has 0 N–H and O–H groups in total. The zero-order valence-electron chi connectivity index (χ0n) is 17.7. The van der Waals surface area contributed by atoms with E-state index in [9.17, 15) is 13.2 Å². The monoisotopic (exact) mass is 434 g/mol. The van der Waals surface area contributed by atoms with Crippen molar-refractivity contribution in [2.45, 2.75) is 45.1 Å². The Kier molecular flexibility index (Phi) is 5.90. The van der Waals surface area contributed by atoms with E-state index < -0.39 is 11.9 Å². The van der Waals surface area contributed by atoms with E-state index in [-0.39, 0.29) is 11.7 Å². The van der Waals surface area contributed by atoms with E-state index in [0.29, 0.717) is 24.5 Å². The van der Waals surface area contributed by atoms with Gasteiger partial charge in [-0.2, -0.15) is 18.3 Å². The van der Waals surface area contributed by atoms with Gasteiger partial charge < -0.3 is 9.47 Å². The number of nitrogens with zero attached hydrogens (tertiary/aromatic N) is 4. The highest BCUT2D eigenvalue weighted by molar-refractivity contribution is 5.43. The summed E-state index contributed by atoms with van der Waals surface area (Å²) in [5.74, 6) is 0.775. The van der Waals surface area contributed by atoms with Crippen LogP contribution in [0.2, 0.25) is 0 Å². The molecule has 0 amide bonds. The molecule has 1 saturated heterocycles.